The maximum atomic E-state index is 12.2. The van der Waals surface area contributed by atoms with Crippen molar-refractivity contribution in [2.24, 2.45) is 11.8 Å². The quantitative estimate of drug-likeness (QED) is 0.877. The van der Waals surface area contributed by atoms with E-state index in [0.29, 0.717) is 11.8 Å². The summed E-state index contributed by atoms with van der Waals surface area (Å²) in [5.41, 5.74) is 1.75. The molecule has 3 rings (SSSR count). The number of carboxylic acid groups (broad SMARTS) is 1. The minimum absolute atomic E-state index is 0.310. The Bertz CT molecular complexity index is 508. The molecule has 1 N–H and O–H groups in total. The Hall–Kier alpha value is -1.31. The number of carbonyl (C=O) groups is 1. The van der Waals surface area contributed by atoms with E-state index in [0.717, 1.165) is 37.7 Å². The largest absolute Gasteiger partial charge is 0.481 e. The average molecular weight is 272 g/mol. The van der Waals surface area contributed by atoms with Gasteiger partial charge in [-0.1, -0.05) is 44.0 Å². The van der Waals surface area contributed by atoms with Crippen molar-refractivity contribution < 1.29 is 9.90 Å². The summed E-state index contributed by atoms with van der Waals surface area (Å²) < 4.78 is 0. The number of carboxylic acids is 1. The molecule has 1 aromatic carbocycles. The molecule has 0 aromatic heterocycles. The second-order valence-electron chi connectivity index (χ2n) is 6.76. The van der Waals surface area contributed by atoms with Gasteiger partial charge in [-0.05, 0) is 55.1 Å². The third-order valence-electron chi connectivity index (χ3n) is 5.53. The van der Waals surface area contributed by atoms with Gasteiger partial charge in [0.1, 0.15) is 0 Å². The van der Waals surface area contributed by atoms with Gasteiger partial charge in [0, 0.05) is 0 Å². The zero-order valence-corrected chi connectivity index (χ0v) is 12.3. The smallest absolute Gasteiger partial charge is 0.314 e. The molecular weight excluding hydrogens is 248 g/mol. The van der Waals surface area contributed by atoms with Gasteiger partial charge in [-0.15, -0.1) is 0 Å². The molecule has 1 fully saturated rings. The van der Waals surface area contributed by atoms with Crippen LogP contribution in [0, 0.1) is 11.8 Å². The van der Waals surface area contributed by atoms with Crippen molar-refractivity contribution in [1.82, 2.24) is 0 Å². The fourth-order valence-electron chi connectivity index (χ4n) is 4.57. The van der Waals surface area contributed by atoms with Gasteiger partial charge < -0.3 is 5.11 Å². The predicted octanol–water partition coefficient (Wildman–Crippen LogP) is 4.17. The monoisotopic (exact) mass is 272 g/mol. The maximum Gasteiger partial charge on any atom is 0.314 e. The first-order valence-electron chi connectivity index (χ1n) is 7.96. The van der Waals surface area contributed by atoms with E-state index in [4.69, 9.17) is 0 Å². The van der Waals surface area contributed by atoms with Crippen molar-refractivity contribution in [2.45, 2.75) is 57.3 Å². The lowest BCUT2D eigenvalue weighted by Gasteiger charge is -2.44. The molecule has 2 aliphatic carbocycles. The van der Waals surface area contributed by atoms with Crippen LogP contribution < -0.4 is 0 Å². The van der Waals surface area contributed by atoms with E-state index in [-0.39, 0.29) is 0 Å². The lowest BCUT2D eigenvalue weighted by atomic mass is 9.58. The van der Waals surface area contributed by atoms with Crippen molar-refractivity contribution in [3.05, 3.63) is 35.4 Å². The predicted molar refractivity (Wildman–Crippen MR) is 79.8 cm³/mol. The van der Waals surface area contributed by atoms with Crippen molar-refractivity contribution in [3.8, 4) is 0 Å². The van der Waals surface area contributed by atoms with Gasteiger partial charge in [0.05, 0.1) is 5.41 Å². The number of hydrogen-bond donors (Lipinski definition) is 1. The molecule has 0 radical (unpaired) electrons. The fourth-order valence-corrected chi connectivity index (χ4v) is 4.57. The second-order valence-corrected chi connectivity index (χ2v) is 6.76. The lowest BCUT2D eigenvalue weighted by Crippen LogP contribution is -2.47. The van der Waals surface area contributed by atoms with E-state index in [9.17, 15) is 9.90 Å². The molecule has 1 saturated carbocycles. The molecule has 2 aliphatic rings. The lowest BCUT2D eigenvalue weighted by molar-refractivity contribution is -0.148. The minimum atomic E-state index is -0.622. The summed E-state index contributed by atoms with van der Waals surface area (Å²) in [6.07, 6.45) is 7.45. The highest BCUT2D eigenvalue weighted by molar-refractivity contribution is 5.83. The average Bonchev–Trinajstić information content (AvgIpc) is 2.46. The van der Waals surface area contributed by atoms with Crippen LogP contribution in [-0.4, -0.2) is 11.1 Å². The van der Waals surface area contributed by atoms with Crippen molar-refractivity contribution in [2.75, 3.05) is 0 Å². The van der Waals surface area contributed by atoms with Crippen LogP contribution in [0.4, 0.5) is 0 Å². The van der Waals surface area contributed by atoms with Crippen LogP contribution in [0.25, 0.3) is 0 Å². The summed E-state index contributed by atoms with van der Waals surface area (Å²) in [5, 5.41) is 10.1. The Kier molecular flexibility index (Phi) is 3.57. The van der Waals surface area contributed by atoms with Gasteiger partial charge in [-0.3, -0.25) is 4.79 Å². The number of aliphatic carboxylic acids is 1. The number of rotatable bonds is 2. The summed E-state index contributed by atoms with van der Waals surface area (Å²) in [4.78, 5) is 12.2. The summed E-state index contributed by atoms with van der Waals surface area (Å²) in [6.45, 7) is 2.27. The summed E-state index contributed by atoms with van der Waals surface area (Å²) in [6, 6.07) is 8.24. The zero-order valence-electron chi connectivity index (χ0n) is 12.3. The second kappa shape index (κ2) is 5.23. The molecule has 3 unspecified atom stereocenters. The maximum absolute atomic E-state index is 12.2. The third-order valence-corrected chi connectivity index (χ3v) is 5.53. The van der Waals surface area contributed by atoms with Gasteiger partial charge >= 0.3 is 5.97 Å². The number of fused-ring (bicyclic) bond motifs is 1. The Morgan fingerprint density at radius 1 is 1.25 bits per heavy atom. The Labute approximate surface area is 121 Å². The number of hydrogen-bond acceptors (Lipinski definition) is 1. The highest BCUT2D eigenvalue weighted by atomic mass is 16.4. The zero-order chi connectivity index (χ0) is 14.2. The van der Waals surface area contributed by atoms with Crippen molar-refractivity contribution >= 4 is 5.97 Å². The Morgan fingerprint density at radius 2 is 2.05 bits per heavy atom. The first-order valence-corrected chi connectivity index (χ1v) is 7.96. The molecular formula is C18H24O2. The standard InChI is InChI=1S/C18H24O2/c1-13-6-4-9-15(12-13)18(17(19)20)11-5-8-14-7-2-3-10-16(14)18/h2-3,7,10,13,15H,4-6,8-9,11-12H2,1H3,(H,19,20). The molecule has 0 amide bonds. The minimum Gasteiger partial charge on any atom is -0.481 e. The van der Waals surface area contributed by atoms with E-state index in [1.54, 1.807) is 0 Å². The molecule has 2 nitrogen and oxygen atoms in total. The summed E-state index contributed by atoms with van der Waals surface area (Å²) >= 11 is 0. The topological polar surface area (TPSA) is 37.3 Å². The first-order chi connectivity index (χ1) is 9.64. The normalized spacial score (nSPS) is 33.5. The summed E-state index contributed by atoms with van der Waals surface area (Å²) in [7, 11) is 0. The van der Waals surface area contributed by atoms with Crippen molar-refractivity contribution in [3.63, 3.8) is 0 Å². The molecule has 108 valence electrons. The van der Waals surface area contributed by atoms with Crippen LogP contribution in [0.5, 0.6) is 0 Å². The van der Waals surface area contributed by atoms with E-state index >= 15 is 0 Å². The van der Waals surface area contributed by atoms with Gasteiger partial charge in [-0.25, -0.2) is 0 Å². The van der Waals surface area contributed by atoms with Crippen LogP contribution >= 0.6 is 0 Å². The molecule has 0 heterocycles. The van der Waals surface area contributed by atoms with Gasteiger partial charge in [0.15, 0.2) is 0 Å². The molecule has 1 aromatic rings. The van der Waals surface area contributed by atoms with E-state index in [1.165, 1.54) is 18.4 Å². The van der Waals surface area contributed by atoms with Crippen LogP contribution in [0.15, 0.2) is 24.3 Å². The summed E-state index contributed by atoms with van der Waals surface area (Å²) in [5.74, 6) is 0.382. The van der Waals surface area contributed by atoms with E-state index < -0.39 is 11.4 Å². The van der Waals surface area contributed by atoms with Crippen molar-refractivity contribution in [1.29, 1.82) is 0 Å². The SMILES string of the molecule is CC1CCCC(C2(C(=O)O)CCCc3ccccc32)C1. The van der Waals surface area contributed by atoms with Crippen LogP contribution in [0.2, 0.25) is 0 Å². The highest BCUT2D eigenvalue weighted by Crippen LogP contribution is 2.49. The third kappa shape index (κ3) is 2.06. The molecule has 2 heteroatoms. The first kappa shape index (κ1) is 13.7. The van der Waals surface area contributed by atoms with Gasteiger partial charge in [-0.2, -0.15) is 0 Å². The van der Waals surface area contributed by atoms with Crippen LogP contribution in [0.3, 0.4) is 0 Å². The molecule has 0 saturated heterocycles. The Morgan fingerprint density at radius 3 is 2.80 bits per heavy atom. The van der Waals surface area contributed by atoms with Crippen LogP contribution in [0.1, 0.15) is 56.6 Å². The molecule has 20 heavy (non-hydrogen) atoms. The molecule has 0 aliphatic heterocycles. The highest BCUT2D eigenvalue weighted by Gasteiger charge is 2.50. The van der Waals surface area contributed by atoms with Gasteiger partial charge in [0.2, 0.25) is 0 Å². The van der Waals surface area contributed by atoms with Crippen LogP contribution in [-0.2, 0) is 16.6 Å². The van der Waals surface area contributed by atoms with E-state index in [1.807, 2.05) is 12.1 Å². The van der Waals surface area contributed by atoms with E-state index in [2.05, 4.69) is 19.1 Å². The fraction of sp³-hybridized carbons (Fsp3) is 0.611. The number of aryl methyl sites for hydroxylation is 1. The molecule has 0 bridgehead atoms. The molecule has 3 atom stereocenters. The van der Waals surface area contributed by atoms with Gasteiger partial charge in [0.25, 0.3) is 0 Å². The number of benzene rings is 1. The molecule has 0 spiro atoms. The Balaban J connectivity index is 2.07.